The lowest BCUT2D eigenvalue weighted by molar-refractivity contribution is 0.999. The van der Waals surface area contributed by atoms with Crippen molar-refractivity contribution >= 4 is 23.1 Å². The van der Waals surface area contributed by atoms with Crippen LogP contribution in [-0.4, -0.2) is 0 Å². The van der Waals surface area contributed by atoms with Gasteiger partial charge in [-0.3, -0.25) is 0 Å². The van der Waals surface area contributed by atoms with Gasteiger partial charge in [-0.05, 0) is 93.5 Å². The van der Waals surface area contributed by atoms with E-state index in [0.29, 0.717) is 0 Å². The van der Waals surface area contributed by atoms with Crippen molar-refractivity contribution < 1.29 is 0 Å². The van der Waals surface area contributed by atoms with Gasteiger partial charge in [0, 0.05) is 9.79 Å². The van der Waals surface area contributed by atoms with E-state index in [1.165, 1.54) is 54.4 Å². The Hall–Kier alpha value is -1.41. The van der Waals surface area contributed by atoms with Gasteiger partial charge in [0.2, 0.25) is 0 Å². The Bertz CT molecular complexity index is 772. The predicted molar refractivity (Wildman–Crippen MR) is 91.6 cm³/mol. The summed E-state index contributed by atoms with van der Waals surface area (Å²) in [5.74, 6) is 0. The first-order valence-corrected chi connectivity index (χ1v) is 8.25. The number of hydrogen-bond donors (Lipinski definition) is 0. The van der Waals surface area contributed by atoms with E-state index in [1.54, 1.807) is 0 Å². The van der Waals surface area contributed by atoms with Crippen molar-refractivity contribution in [3.05, 3.63) is 45.0 Å². The smallest absolute Gasteiger partial charge is 0.0811 e. The molecule has 0 N–H and O–H groups in total. The molecule has 109 valence electrons. The summed E-state index contributed by atoms with van der Waals surface area (Å²) in [6.45, 7) is 15.5. The Labute approximate surface area is 132 Å². The number of nitrogens with zero attached hydrogens (tertiary/aromatic N) is 1. The molecular weight excluding hydrogens is 274 g/mol. The minimum Gasteiger partial charge on any atom is -0.246 e. The van der Waals surface area contributed by atoms with Crippen LogP contribution < -0.4 is 5.32 Å². The average Bonchev–Trinajstić information content (AvgIpc) is 2.47. The molecule has 1 aliphatic heterocycles. The minimum absolute atomic E-state index is 1.14. The zero-order valence-electron chi connectivity index (χ0n) is 13.9. The Balaban J connectivity index is 2.27. The van der Waals surface area contributed by atoms with Crippen molar-refractivity contribution in [1.29, 1.82) is 0 Å². The number of fused-ring (bicyclic) bond motifs is 2. The van der Waals surface area contributed by atoms with E-state index in [1.807, 2.05) is 11.8 Å². The Morgan fingerprint density at radius 3 is 1.90 bits per heavy atom. The first-order chi connectivity index (χ1) is 9.82. The second-order valence-corrected chi connectivity index (χ2v) is 7.20. The molecule has 2 heteroatoms. The quantitative estimate of drug-likeness (QED) is 0.505. The van der Waals surface area contributed by atoms with Crippen LogP contribution in [0.15, 0.2) is 15.9 Å². The molecule has 0 unspecified atom stereocenters. The van der Waals surface area contributed by atoms with E-state index in [9.17, 15) is 0 Å². The van der Waals surface area contributed by atoms with Crippen molar-refractivity contribution in [1.82, 2.24) is 5.32 Å². The summed E-state index contributed by atoms with van der Waals surface area (Å²) < 4.78 is 0. The van der Waals surface area contributed by atoms with Crippen LogP contribution in [-0.2, 0) is 0 Å². The molecule has 0 amide bonds. The van der Waals surface area contributed by atoms with Gasteiger partial charge >= 0.3 is 0 Å². The minimum atomic E-state index is 1.14. The van der Waals surface area contributed by atoms with Gasteiger partial charge in [0.1, 0.15) is 0 Å². The van der Waals surface area contributed by atoms with Crippen LogP contribution in [0.1, 0.15) is 38.9 Å². The molecule has 0 spiro atoms. The lowest BCUT2D eigenvalue weighted by Crippen LogP contribution is -2.08. The third-order valence-electron chi connectivity index (χ3n) is 5.12. The SMILES string of the molecule is Cc1cc2c(c(C)c1C)Sc1c(C)c(C)c(C)c(C)c1[N]2. The van der Waals surface area contributed by atoms with E-state index in [-0.39, 0.29) is 0 Å². The van der Waals surface area contributed by atoms with E-state index in [0.717, 1.165) is 5.69 Å². The van der Waals surface area contributed by atoms with Gasteiger partial charge in [-0.1, -0.05) is 11.8 Å². The predicted octanol–water partition coefficient (Wildman–Crippen LogP) is 5.88. The number of rotatable bonds is 0. The Morgan fingerprint density at radius 1 is 0.667 bits per heavy atom. The first-order valence-electron chi connectivity index (χ1n) is 7.43. The van der Waals surface area contributed by atoms with Crippen LogP contribution >= 0.6 is 11.8 Å². The lowest BCUT2D eigenvalue weighted by Gasteiger charge is -2.27. The summed E-state index contributed by atoms with van der Waals surface area (Å²) >= 11 is 1.90. The van der Waals surface area contributed by atoms with Crippen LogP contribution in [0.5, 0.6) is 0 Å². The van der Waals surface area contributed by atoms with Crippen molar-refractivity contribution in [3.8, 4) is 0 Å². The Kier molecular flexibility index (Phi) is 3.32. The number of aryl methyl sites for hydroxylation is 1. The topological polar surface area (TPSA) is 14.1 Å². The van der Waals surface area contributed by atoms with Gasteiger partial charge in [0.05, 0.1) is 11.4 Å². The molecule has 0 aliphatic carbocycles. The standard InChI is InChI=1S/C19H22NS/c1-9-8-16-18(14(6)10(9)2)21-19-15(7)12(4)11(3)13(5)17(19)20-16/h8H,1-7H3. The molecule has 1 radical (unpaired) electrons. The van der Waals surface area contributed by atoms with Crippen molar-refractivity contribution in [2.24, 2.45) is 0 Å². The molecule has 1 nitrogen and oxygen atoms in total. The zero-order chi connectivity index (χ0) is 15.5. The van der Waals surface area contributed by atoms with Crippen LogP contribution in [0, 0.1) is 48.5 Å². The molecule has 0 bridgehead atoms. The summed E-state index contributed by atoms with van der Waals surface area (Å²) in [5.41, 5.74) is 11.9. The normalized spacial score (nSPS) is 12.7. The fourth-order valence-corrected chi connectivity index (χ4v) is 4.31. The highest BCUT2D eigenvalue weighted by atomic mass is 32.2. The molecule has 3 rings (SSSR count). The Morgan fingerprint density at radius 2 is 1.24 bits per heavy atom. The molecule has 1 heterocycles. The van der Waals surface area contributed by atoms with E-state index in [4.69, 9.17) is 5.32 Å². The summed E-state index contributed by atoms with van der Waals surface area (Å²) in [4.78, 5) is 2.67. The van der Waals surface area contributed by atoms with Gasteiger partial charge < -0.3 is 0 Å². The van der Waals surface area contributed by atoms with Crippen LogP contribution in [0.3, 0.4) is 0 Å². The third kappa shape index (κ3) is 2.00. The van der Waals surface area contributed by atoms with Gasteiger partial charge in [-0.15, -0.1) is 0 Å². The summed E-state index contributed by atoms with van der Waals surface area (Å²) in [7, 11) is 0. The lowest BCUT2D eigenvalue weighted by atomic mass is 9.96. The molecule has 0 aromatic heterocycles. The fraction of sp³-hybridized carbons (Fsp3) is 0.368. The largest absolute Gasteiger partial charge is 0.246 e. The van der Waals surface area contributed by atoms with Gasteiger partial charge in [0.15, 0.2) is 0 Å². The highest BCUT2D eigenvalue weighted by molar-refractivity contribution is 7.99. The average molecular weight is 296 g/mol. The molecule has 0 saturated carbocycles. The molecule has 0 saturated heterocycles. The van der Waals surface area contributed by atoms with Crippen LogP contribution in [0.4, 0.5) is 11.4 Å². The maximum absolute atomic E-state index is 5.01. The monoisotopic (exact) mass is 296 g/mol. The van der Waals surface area contributed by atoms with Gasteiger partial charge in [0.25, 0.3) is 0 Å². The number of benzene rings is 2. The maximum atomic E-state index is 5.01. The van der Waals surface area contributed by atoms with Crippen molar-refractivity contribution in [2.75, 3.05) is 0 Å². The second kappa shape index (κ2) is 4.81. The summed E-state index contributed by atoms with van der Waals surface area (Å²) in [6.07, 6.45) is 0. The second-order valence-electron chi connectivity index (χ2n) is 6.18. The number of hydrogen-bond acceptors (Lipinski definition) is 1. The zero-order valence-corrected chi connectivity index (χ0v) is 14.7. The molecule has 21 heavy (non-hydrogen) atoms. The molecule has 2 aromatic carbocycles. The van der Waals surface area contributed by atoms with Crippen molar-refractivity contribution in [3.63, 3.8) is 0 Å². The fourth-order valence-electron chi connectivity index (χ4n) is 2.99. The molecule has 0 fully saturated rings. The van der Waals surface area contributed by atoms with Crippen LogP contribution in [0.2, 0.25) is 0 Å². The van der Waals surface area contributed by atoms with E-state index >= 15 is 0 Å². The third-order valence-corrected chi connectivity index (χ3v) is 6.54. The highest BCUT2D eigenvalue weighted by Crippen LogP contribution is 2.50. The van der Waals surface area contributed by atoms with Gasteiger partial charge in [-0.2, -0.15) is 0 Å². The van der Waals surface area contributed by atoms with Crippen LogP contribution in [0.25, 0.3) is 0 Å². The highest BCUT2D eigenvalue weighted by Gasteiger charge is 2.25. The van der Waals surface area contributed by atoms with Gasteiger partial charge in [-0.25, -0.2) is 5.32 Å². The maximum Gasteiger partial charge on any atom is 0.0811 e. The van der Waals surface area contributed by atoms with E-state index in [2.05, 4.69) is 54.5 Å². The molecule has 2 aromatic rings. The summed E-state index contributed by atoms with van der Waals surface area (Å²) in [5, 5.41) is 5.01. The van der Waals surface area contributed by atoms with E-state index < -0.39 is 0 Å². The molecular formula is C19H22NS. The first kappa shape index (κ1) is 14.5. The molecule has 1 aliphatic rings. The van der Waals surface area contributed by atoms with Crippen molar-refractivity contribution in [2.45, 2.75) is 58.3 Å². The summed E-state index contributed by atoms with van der Waals surface area (Å²) in [6, 6.07) is 2.23. The molecule has 0 atom stereocenters.